The van der Waals surface area contributed by atoms with Gasteiger partial charge in [-0.05, 0) is 97.7 Å². The van der Waals surface area contributed by atoms with Crippen LogP contribution in [0, 0.1) is 0 Å². The van der Waals surface area contributed by atoms with Crippen molar-refractivity contribution in [1.82, 2.24) is 0 Å². The molecule has 0 bridgehead atoms. The molecule has 0 saturated heterocycles. The predicted octanol–water partition coefficient (Wildman–Crippen LogP) is 13.0. The predicted molar refractivity (Wildman–Crippen MR) is 200 cm³/mol. The summed E-state index contributed by atoms with van der Waals surface area (Å²) >= 11 is 0. The largest absolute Gasteiger partial charge is 0.310 e. The third-order valence-corrected chi connectivity index (χ3v) is 8.85. The molecule has 1 heteroatoms. The van der Waals surface area contributed by atoms with E-state index in [1.165, 1.54) is 55.3 Å². The molecule has 0 radical (unpaired) electrons. The first-order valence-corrected chi connectivity index (χ1v) is 16.1. The normalized spacial score (nSPS) is 11.0. The lowest BCUT2D eigenvalue weighted by Gasteiger charge is -2.27. The first kappa shape index (κ1) is 28.3. The van der Waals surface area contributed by atoms with Crippen molar-refractivity contribution in [2.24, 2.45) is 0 Å². The maximum Gasteiger partial charge on any atom is 0.0467 e. The zero-order valence-electron chi connectivity index (χ0n) is 26.0. The van der Waals surface area contributed by atoms with Crippen LogP contribution in [0.15, 0.2) is 200 Å². The lowest BCUT2D eigenvalue weighted by atomic mass is 9.94. The van der Waals surface area contributed by atoms with E-state index in [-0.39, 0.29) is 0 Å². The summed E-state index contributed by atoms with van der Waals surface area (Å²) in [5.41, 5.74) is 13.0. The van der Waals surface area contributed by atoms with Crippen LogP contribution < -0.4 is 4.90 Å². The second kappa shape index (κ2) is 12.7. The van der Waals surface area contributed by atoms with E-state index < -0.39 is 0 Å². The van der Waals surface area contributed by atoms with Gasteiger partial charge in [-0.25, -0.2) is 0 Å². The Labute approximate surface area is 276 Å². The maximum atomic E-state index is 2.36. The van der Waals surface area contributed by atoms with E-state index in [2.05, 4.69) is 205 Å². The Bertz CT molecular complexity index is 2290. The zero-order valence-corrected chi connectivity index (χ0v) is 26.0. The molecule has 222 valence electrons. The van der Waals surface area contributed by atoms with Gasteiger partial charge in [0.15, 0.2) is 0 Å². The fourth-order valence-electron chi connectivity index (χ4n) is 6.49. The number of nitrogens with zero attached hydrogens (tertiary/aromatic N) is 1. The average Bonchev–Trinajstić information content (AvgIpc) is 3.16. The van der Waals surface area contributed by atoms with E-state index >= 15 is 0 Å². The number of benzene rings is 8. The van der Waals surface area contributed by atoms with Crippen molar-refractivity contribution in [3.63, 3.8) is 0 Å². The summed E-state index contributed by atoms with van der Waals surface area (Å²) in [5, 5.41) is 2.50. The monoisotopic (exact) mass is 599 g/mol. The molecule has 0 aliphatic carbocycles. The highest BCUT2D eigenvalue weighted by Gasteiger charge is 2.16. The quantitative estimate of drug-likeness (QED) is 0.176. The third kappa shape index (κ3) is 5.83. The Morgan fingerprint density at radius 1 is 0.234 bits per heavy atom. The number of hydrogen-bond acceptors (Lipinski definition) is 1. The van der Waals surface area contributed by atoms with Gasteiger partial charge in [0.1, 0.15) is 0 Å². The van der Waals surface area contributed by atoms with Crippen LogP contribution in [0.5, 0.6) is 0 Å². The van der Waals surface area contributed by atoms with Crippen molar-refractivity contribution in [2.45, 2.75) is 0 Å². The average molecular weight is 600 g/mol. The molecule has 1 nitrogen and oxygen atoms in total. The van der Waals surface area contributed by atoms with Gasteiger partial charge in [-0.3, -0.25) is 0 Å². The molecule has 0 atom stereocenters. The summed E-state index contributed by atoms with van der Waals surface area (Å²) < 4.78 is 0. The van der Waals surface area contributed by atoms with E-state index in [1.807, 2.05) is 0 Å². The second-order valence-corrected chi connectivity index (χ2v) is 11.8. The molecule has 8 rings (SSSR count). The van der Waals surface area contributed by atoms with Gasteiger partial charge in [0.25, 0.3) is 0 Å². The minimum Gasteiger partial charge on any atom is -0.310 e. The third-order valence-electron chi connectivity index (χ3n) is 8.85. The van der Waals surface area contributed by atoms with Crippen LogP contribution in [0.3, 0.4) is 0 Å². The molecule has 0 aliphatic rings. The van der Waals surface area contributed by atoms with Crippen molar-refractivity contribution in [1.29, 1.82) is 0 Å². The van der Waals surface area contributed by atoms with E-state index in [0.29, 0.717) is 0 Å². The van der Waals surface area contributed by atoms with Crippen molar-refractivity contribution in [3.05, 3.63) is 200 Å². The zero-order chi connectivity index (χ0) is 31.4. The van der Waals surface area contributed by atoms with E-state index in [1.54, 1.807) is 0 Å². The molecular formula is C46H33N. The summed E-state index contributed by atoms with van der Waals surface area (Å²) in [5.74, 6) is 0. The maximum absolute atomic E-state index is 2.36. The highest BCUT2D eigenvalue weighted by molar-refractivity contribution is 5.89. The highest BCUT2D eigenvalue weighted by atomic mass is 15.1. The Kier molecular flexibility index (Phi) is 7.63. The van der Waals surface area contributed by atoms with Gasteiger partial charge >= 0.3 is 0 Å². The molecule has 0 aromatic heterocycles. The first-order chi connectivity index (χ1) is 23.3. The van der Waals surface area contributed by atoms with Crippen LogP contribution >= 0.6 is 0 Å². The fraction of sp³-hybridized carbons (Fsp3) is 0. The molecule has 8 aromatic rings. The topological polar surface area (TPSA) is 3.24 Å². The molecular weight excluding hydrogens is 567 g/mol. The molecule has 0 heterocycles. The molecule has 0 unspecified atom stereocenters. The summed E-state index contributed by atoms with van der Waals surface area (Å²) in [6, 6.07) is 71.8. The molecule has 0 N–H and O–H groups in total. The lowest BCUT2D eigenvalue weighted by Crippen LogP contribution is -2.10. The number of rotatable bonds is 7. The smallest absolute Gasteiger partial charge is 0.0467 e. The van der Waals surface area contributed by atoms with Crippen LogP contribution in [-0.2, 0) is 0 Å². The number of fused-ring (bicyclic) bond motifs is 1. The minimum absolute atomic E-state index is 1.10. The Balaban J connectivity index is 1.23. The number of anilines is 3. The molecule has 0 fully saturated rings. The Hall–Kier alpha value is -6.18. The SMILES string of the molecule is c1ccc(-c2cccc(N(c3ccc(-c4ccccc4-c4ccccc4)cc3)c3cccc(-c4ccc5ccccc5c4)c3)c2)cc1. The molecule has 0 saturated carbocycles. The molecule has 0 spiro atoms. The van der Waals surface area contributed by atoms with Crippen LogP contribution in [-0.4, -0.2) is 0 Å². The number of hydrogen-bond donors (Lipinski definition) is 0. The van der Waals surface area contributed by atoms with Crippen molar-refractivity contribution < 1.29 is 0 Å². The molecule has 0 amide bonds. The van der Waals surface area contributed by atoms with Gasteiger partial charge in [-0.2, -0.15) is 0 Å². The van der Waals surface area contributed by atoms with Crippen LogP contribution in [0.4, 0.5) is 17.1 Å². The highest BCUT2D eigenvalue weighted by Crippen LogP contribution is 2.40. The van der Waals surface area contributed by atoms with Crippen molar-refractivity contribution >= 4 is 27.8 Å². The fourth-order valence-corrected chi connectivity index (χ4v) is 6.49. The summed E-state index contributed by atoms with van der Waals surface area (Å²) in [7, 11) is 0. The van der Waals surface area contributed by atoms with Crippen LogP contribution in [0.25, 0.3) is 55.3 Å². The first-order valence-electron chi connectivity index (χ1n) is 16.1. The summed E-state index contributed by atoms with van der Waals surface area (Å²) in [4.78, 5) is 2.36. The Morgan fingerprint density at radius 3 is 1.32 bits per heavy atom. The van der Waals surface area contributed by atoms with Crippen molar-refractivity contribution in [3.8, 4) is 44.5 Å². The summed E-state index contributed by atoms with van der Waals surface area (Å²) in [6.07, 6.45) is 0. The Morgan fingerprint density at radius 2 is 0.681 bits per heavy atom. The van der Waals surface area contributed by atoms with Crippen LogP contribution in [0.1, 0.15) is 0 Å². The van der Waals surface area contributed by atoms with Crippen molar-refractivity contribution in [2.75, 3.05) is 4.90 Å². The van der Waals surface area contributed by atoms with Gasteiger partial charge in [0, 0.05) is 17.1 Å². The van der Waals surface area contributed by atoms with Gasteiger partial charge in [0.05, 0.1) is 0 Å². The van der Waals surface area contributed by atoms with E-state index in [9.17, 15) is 0 Å². The lowest BCUT2D eigenvalue weighted by molar-refractivity contribution is 1.28. The molecule has 47 heavy (non-hydrogen) atoms. The van der Waals surface area contributed by atoms with Crippen LogP contribution in [0.2, 0.25) is 0 Å². The van der Waals surface area contributed by atoms with Gasteiger partial charge in [-0.15, -0.1) is 0 Å². The second-order valence-electron chi connectivity index (χ2n) is 11.8. The van der Waals surface area contributed by atoms with E-state index in [4.69, 9.17) is 0 Å². The molecule has 8 aromatic carbocycles. The van der Waals surface area contributed by atoms with Gasteiger partial charge < -0.3 is 4.90 Å². The minimum atomic E-state index is 1.10. The van der Waals surface area contributed by atoms with E-state index in [0.717, 1.165) is 17.1 Å². The van der Waals surface area contributed by atoms with Gasteiger partial charge in [-0.1, -0.05) is 158 Å². The summed E-state index contributed by atoms with van der Waals surface area (Å²) in [6.45, 7) is 0. The van der Waals surface area contributed by atoms with Gasteiger partial charge in [0.2, 0.25) is 0 Å². The standard InChI is InChI=1S/C46H33N/c1-3-13-34(14-4-1)39-19-11-21-43(32-39)47(44-22-12-20-40(33-44)41-26-25-35-15-7-8-18-38(35)31-41)42-29-27-37(28-30-42)46-24-10-9-23-45(46)36-16-5-2-6-17-36/h1-33H. The molecule has 0 aliphatic heterocycles.